The van der Waals surface area contributed by atoms with Gasteiger partial charge in [-0.2, -0.15) is 0 Å². The molecule has 0 atom stereocenters. The molecule has 0 aliphatic rings. The van der Waals surface area contributed by atoms with E-state index in [1.54, 1.807) is 0 Å². The molecule has 1 N–H and O–H groups in total. The molecule has 96 valence electrons. The average Bonchev–Trinajstić information content (AvgIpc) is 2.85. The third kappa shape index (κ3) is 2.37. The fourth-order valence-corrected chi connectivity index (χ4v) is 2.44. The van der Waals surface area contributed by atoms with Gasteiger partial charge in [-0.15, -0.1) is 0 Å². The molecule has 0 aliphatic heterocycles. The summed E-state index contributed by atoms with van der Waals surface area (Å²) in [4.78, 5) is 4.39. The highest BCUT2D eigenvalue weighted by Crippen LogP contribution is 2.21. The Morgan fingerprint density at radius 1 is 1.11 bits per heavy atom. The number of hydrogen-bond acceptors (Lipinski definition) is 2. The Kier molecular flexibility index (Phi) is 3.29. The Labute approximate surface area is 112 Å². The smallest absolute Gasteiger partial charge is 0.0648 e. The molecule has 0 saturated heterocycles. The van der Waals surface area contributed by atoms with Crippen LogP contribution in [0.5, 0.6) is 0 Å². The van der Waals surface area contributed by atoms with Crippen molar-refractivity contribution >= 4 is 10.9 Å². The summed E-state index contributed by atoms with van der Waals surface area (Å²) >= 11 is 0. The summed E-state index contributed by atoms with van der Waals surface area (Å²) in [6.45, 7) is 1.71. The summed E-state index contributed by atoms with van der Waals surface area (Å²) in [7, 11) is 1.98. The molecule has 2 aromatic heterocycles. The fourth-order valence-electron chi connectivity index (χ4n) is 2.44. The molecule has 0 unspecified atom stereocenters. The summed E-state index contributed by atoms with van der Waals surface area (Å²) in [6, 6.07) is 14.7. The molecule has 3 rings (SSSR count). The Bertz CT molecular complexity index is 671. The molecule has 3 heteroatoms. The molecule has 19 heavy (non-hydrogen) atoms. The maximum absolute atomic E-state index is 4.39. The molecule has 3 nitrogen and oxygen atoms in total. The van der Waals surface area contributed by atoms with E-state index in [2.05, 4.69) is 51.4 Å². The molecule has 1 aromatic carbocycles. The zero-order valence-corrected chi connectivity index (χ0v) is 11.0. The van der Waals surface area contributed by atoms with Gasteiger partial charge in [0, 0.05) is 29.8 Å². The van der Waals surface area contributed by atoms with Gasteiger partial charge in [0.05, 0.1) is 12.2 Å². The monoisotopic (exact) mass is 251 g/mol. The van der Waals surface area contributed by atoms with E-state index in [0.717, 1.165) is 18.8 Å². The maximum Gasteiger partial charge on any atom is 0.0648 e. The Hall–Kier alpha value is -2.13. The van der Waals surface area contributed by atoms with Crippen molar-refractivity contribution in [1.82, 2.24) is 14.9 Å². The number of fused-ring (bicyclic) bond motifs is 1. The largest absolute Gasteiger partial charge is 0.341 e. The lowest BCUT2D eigenvalue weighted by Crippen LogP contribution is -2.05. The highest BCUT2D eigenvalue weighted by molar-refractivity contribution is 5.83. The van der Waals surface area contributed by atoms with E-state index in [1.807, 2.05) is 25.4 Å². The zero-order chi connectivity index (χ0) is 13.1. The minimum atomic E-state index is 0.813. The van der Waals surface area contributed by atoms with Crippen molar-refractivity contribution in [2.75, 3.05) is 7.05 Å². The van der Waals surface area contributed by atoms with Gasteiger partial charge in [0.2, 0.25) is 0 Å². The van der Waals surface area contributed by atoms with Gasteiger partial charge >= 0.3 is 0 Å². The van der Waals surface area contributed by atoms with E-state index in [-0.39, 0.29) is 0 Å². The molecule has 3 aromatic rings. The molecular formula is C16H17N3. The van der Waals surface area contributed by atoms with Crippen LogP contribution in [0.15, 0.2) is 54.9 Å². The van der Waals surface area contributed by atoms with E-state index in [0.29, 0.717) is 0 Å². The number of nitrogens with one attached hydrogen (secondary N) is 1. The molecular weight excluding hydrogens is 234 g/mol. The molecule has 0 amide bonds. The number of rotatable bonds is 4. The van der Waals surface area contributed by atoms with Crippen LogP contribution in [-0.2, 0) is 13.1 Å². The summed E-state index contributed by atoms with van der Waals surface area (Å²) in [5.41, 5.74) is 3.68. The van der Waals surface area contributed by atoms with Crippen molar-refractivity contribution in [3.05, 3.63) is 66.1 Å². The third-order valence-electron chi connectivity index (χ3n) is 3.33. The molecule has 0 bridgehead atoms. The first-order valence-electron chi connectivity index (χ1n) is 6.50. The van der Waals surface area contributed by atoms with Crippen LogP contribution in [0.1, 0.15) is 11.3 Å². The first-order valence-corrected chi connectivity index (χ1v) is 6.50. The number of benzene rings is 1. The van der Waals surface area contributed by atoms with Gasteiger partial charge in [-0.1, -0.05) is 18.2 Å². The zero-order valence-electron chi connectivity index (χ0n) is 11.0. The minimum Gasteiger partial charge on any atom is -0.341 e. The van der Waals surface area contributed by atoms with Gasteiger partial charge in [-0.05, 0) is 36.9 Å². The standard InChI is InChI=1S/C16H17N3/c1-17-11-13-5-4-7-16-15(13)8-10-19(16)12-14-6-2-3-9-18-14/h2-10,17H,11-12H2,1H3. The van der Waals surface area contributed by atoms with Crippen LogP contribution < -0.4 is 5.32 Å². The van der Waals surface area contributed by atoms with Crippen molar-refractivity contribution in [3.8, 4) is 0 Å². The first-order chi connectivity index (χ1) is 9.38. The second-order valence-electron chi connectivity index (χ2n) is 4.64. The number of nitrogens with zero attached hydrogens (tertiary/aromatic N) is 2. The van der Waals surface area contributed by atoms with Crippen molar-refractivity contribution < 1.29 is 0 Å². The normalized spacial score (nSPS) is 11.0. The van der Waals surface area contributed by atoms with Gasteiger partial charge < -0.3 is 9.88 Å². The number of pyridine rings is 1. The van der Waals surface area contributed by atoms with Crippen LogP contribution in [0, 0.1) is 0 Å². The van der Waals surface area contributed by atoms with Gasteiger partial charge in [0.1, 0.15) is 0 Å². The molecule has 0 fully saturated rings. The average molecular weight is 251 g/mol. The summed E-state index contributed by atoms with van der Waals surface area (Å²) < 4.78 is 2.25. The maximum atomic E-state index is 4.39. The fraction of sp³-hybridized carbons (Fsp3) is 0.188. The summed E-state index contributed by atoms with van der Waals surface area (Å²) in [5.74, 6) is 0. The second kappa shape index (κ2) is 5.24. The SMILES string of the molecule is CNCc1cccc2c1ccn2Cc1ccccn1. The van der Waals surface area contributed by atoms with Crippen LogP contribution in [0.3, 0.4) is 0 Å². The first kappa shape index (κ1) is 11.9. The van der Waals surface area contributed by atoms with Crippen molar-refractivity contribution in [1.29, 1.82) is 0 Å². The van der Waals surface area contributed by atoms with Gasteiger partial charge in [0.25, 0.3) is 0 Å². The lowest BCUT2D eigenvalue weighted by atomic mass is 10.1. The Balaban J connectivity index is 1.99. The number of hydrogen-bond donors (Lipinski definition) is 1. The molecule has 0 aliphatic carbocycles. The topological polar surface area (TPSA) is 29.9 Å². The van der Waals surface area contributed by atoms with Crippen molar-refractivity contribution in [3.63, 3.8) is 0 Å². The molecule has 0 spiro atoms. The van der Waals surface area contributed by atoms with Crippen LogP contribution in [0.25, 0.3) is 10.9 Å². The van der Waals surface area contributed by atoms with Crippen LogP contribution in [-0.4, -0.2) is 16.6 Å². The Morgan fingerprint density at radius 3 is 2.84 bits per heavy atom. The lowest BCUT2D eigenvalue weighted by molar-refractivity contribution is 0.805. The lowest BCUT2D eigenvalue weighted by Gasteiger charge is -2.06. The van der Waals surface area contributed by atoms with E-state index in [4.69, 9.17) is 0 Å². The van der Waals surface area contributed by atoms with Crippen LogP contribution >= 0.6 is 0 Å². The van der Waals surface area contributed by atoms with Gasteiger partial charge in [-0.3, -0.25) is 4.98 Å². The van der Waals surface area contributed by atoms with Crippen molar-refractivity contribution in [2.45, 2.75) is 13.1 Å². The number of aromatic nitrogens is 2. The summed E-state index contributed by atoms with van der Waals surface area (Å²) in [5, 5.41) is 4.53. The van der Waals surface area contributed by atoms with Crippen LogP contribution in [0.4, 0.5) is 0 Å². The van der Waals surface area contributed by atoms with E-state index >= 15 is 0 Å². The third-order valence-corrected chi connectivity index (χ3v) is 3.33. The molecule has 2 heterocycles. The molecule has 0 saturated carbocycles. The predicted octanol–water partition coefficient (Wildman–Crippen LogP) is 2.80. The van der Waals surface area contributed by atoms with Crippen molar-refractivity contribution in [2.24, 2.45) is 0 Å². The van der Waals surface area contributed by atoms with Crippen LogP contribution in [0.2, 0.25) is 0 Å². The highest BCUT2D eigenvalue weighted by Gasteiger charge is 2.05. The predicted molar refractivity (Wildman–Crippen MR) is 78.0 cm³/mol. The highest BCUT2D eigenvalue weighted by atomic mass is 15.0. The van der Waals surface area contributed by atoms with E-state index < -0.39 is 0 Å². The Morgan fingerprint density at radius 2 is 2.05 bits per heavy atom. The van der Waals surface area contributed by atoms with Gasteiger partial charge in [-0.25, -0.2) is 0 Å². The minimum absolute atomic E-state index is 0.813. The van der Waals surface area contributed by atoms with E-state index in [9.17, 15) is 0 Å². The van der Waals surface area contributed by atoms with E-state index in [1.165, 1.54) is 16.5 Å². The van der Waals surface area contributed by atoms with Gasteiger partial charge in [0.15, 0.2) is 0 Å². The molecule has 0 radical (unpaired) electrons. The second-order valence-corrected chi connectivity index (χ2v) is 4.64. The quantitative estimate of drug-likeness (QED) is 0.772. The summed E-state index contributed by atoms with van der Waals surface area (Å²) in [6.07, 6.45) is 3.98.